The number of rotatable bonds is 4. The molecular weight excluding hydrogens is 899 g/mol. The molecule has 0 N–H and O–H groups in total. The fourth-order valence-corrected chi connectivity index (χ4v) is 11.9. The van der Waals surface area contributed by atoms with E-state index in [9.17, 15) is 0 Å². The number of nitrogens with zero attached hydrogens (tertiary/aromatic N) is 3. The Bertz CT molecular complexity index is 4130. The summed E-state index contributed by atoms with van der Waals surface area (Å²) in [5.41, 5.74) is 20.6. The first-order chi connectivity index (χ1) is 35.2. The van der Waals surface area contributed by atoms with E-state index in [4.69, 9.17) is 4.74 Å². The molecule has 0 saturated carbocycles. The van der Waals surface area contributed by atoms with Crippen molar-refractivity contribution in [2.45, 2.75) is 105 Å². The van der Waals surface area contributed by atoms with Crippen LogP contribution in [0.25, 0.3) is 105 Å². The second kappa shape index (κ2) is 15.8. The first kappa shape index (κ1) is 46.0. The summed E-state index contributed by atoms with van der Waals surface area (Å²) >= 11 is 0. The van der Waals surface area contributed by atoms with Crippen molar-refractivity contribution in [1.82, 2.24) is 13.7 Å². The van der Waals surface area contributed by atoms with E-state index in [-0.39, 0.29) is 21.7 Å². The van der Waals surface area contributed by atoms with Crippen LogP contribution >= 0.6 is 0 Å². The van der Waals surface area contributed by atoms with Gasteiger partial charge in [-0.1, -0.05) is 168 Å². The molecule has 0 saturated heterocycles. The highest BCUT2D eigenvalue weighted by Gasteiger charge is 2.29. The van der Waals surface area contributed by atoms with Crippen LogP contribution in [0, 0.1) is 0 Å². The molecule has 9 aromatic carbocycles. The van der Waals surface area contributed by atoms with Gasteiger partial charge in [-0.15, -0.1) is 0 Å². The molecule has 0 bridgehead atoms. The quantitative estimate of drug-likeness (QED) is 0.172. The largest absolute Gasteiger partial charge is 0.452 e. The lowest BCUT2D eigenvalue weighted by molar-refractivity contribution is 0.478. The highest BCUT2D eigenvalue weighted by molar-refractivity contribution is 6.18. The number of ether oxygens (including phenoxy) is 1. The van der Waals surface area contributed by atoms with Gasteiger partial charge in [0.05, 0.1) is 38.8 Å². The van der Waals surface area contributed by atoms with E-state index < -0.39 is 0 Å². The maximum atomic E-state index is 7.06. The summed E-state index contributed by atoms with van der Waals surface area (Å²) in [6.45, 7) is 27.6. The molecule has 1 aliphatic rings. The van der Waals surface area contributed by atoms with Gasteiger partial charge in [-0.3, -0.25) is 0 Å². The third-order valence-corrected chi connectivity index (χ3v) is 16.1. The van der Waals surface area contributed by atoms with E-state index in [1.54, 1.807) is 0 Å². The Balaban J connectivity index is 0.900. The van der Waals surface area contributed by atoms with Crippen LogP contribution in [-0.2, 0) is 21.7 Å². The lowest BCUT2D eigenvalue weighted by Gasteiger charge is -2.23. The molecule has 0 amide bonds. The summed E-state index contributed by atoms with van der Waals surface area (Å²) < 4.78 is 14.4. The zero-order chi connectivity index (χ0) is 51.4. The predicted molar refractivity (Wildman–Crippen MR) is 315 cm³/mol. The highest BCUT2D eigenvalue weighted by atomic mass is 16.5. The summed E-state index contributed by atoms with van der Waals surface area (Å²) in [4.78, 5) is 0. The average molecular weight is 964 g/mol. The molecule has 0 spiro atoms. The first-order valence-electron chi connectivity index (χ1n) is 26.5. The Kier molecular flexibility index (Phi) is 9.85. The van der Waals surface area contributed by atoms with Crippen molar-refractivity contribution in [3.8, 4) is 50.8 Å². The van der Waals surface area contributed by atoms with E-state index >= 15 is 0 Å². The number of benzene rings is 9. The molecule has 1 aliphatic heterocycles. The van der Waals surface area contributed by atoms with Crippen molar-refractivity contribution in [3.05, 3.63) is 198 Å². The number of para-hydroxylation sites is 2. The fraction of sp³-hybridized carbons (Fsp3) is 0.229. The third kappa shape index (κ3) is 7.08. The number of hydrogen-bond acceptors (Lipinski definition) is 1. The lowest BCUT2D eigenvalue weighted by atomic mass is 9.85. The van der Waals surface area contributed by atoms with Gasteiger partial charge in [0.15, 0.2) is 11.5 Å². The molecule has 3 aromatic heterocycles. The van der Waals surface area contributed by atoms with Gasteiger partial charge in [0.2, 0.25) is 0 Å². The summed E-state index contributed by atoms with van der Waals surface area (Å²) in [6.07, 6.45) is 0. The van der Waals surface area contributed by atoms with Crippen LogP contribution in [0.15, 0.2) is 176 Å². The average Bonchev–Trinajstić information content (AvgIpc) is 4.03. The predicted octanol–water partition coefficient (Wildman–Crippen LogP) is 19.6. The van der Waals surface area contributed by atoms with Gasteiger partial charge in [0.1, 0.15) is 0 Å². The van der Waals surface area contributed by atoms with Crippen LogP contribution in [0.3, 0.4) is 0 Å². The Morgan fingerprint density at radius 2 is 0.716 bits per heavy atom. The Morgan fingerprint density at radius 3 is 1.15 bits per heavy atom. The molecule has 0 unspecified atom stereocenters. The zero-order valence-electron chi connectivity index (χ0n) is 45.0. The summed E-state index contributed by atoms with van der Waals surface area (Å²) in [6, 6.07) is 66.3. The van der Waals surface area contributed by atoms with Crippen LogP contribution < -0.4 is 4.74 Å². The molecule has 4 heteroatoms. The molecular formula is C70H65N3O. The van der Waals surface area contributed by atoms with Crippen LogP contribution in [0.1, 0.15) is 105 Å². The number of hydrogen-bond donors (Lipinski definition) is 0. The van der Waals surface area contributed by atoms with Gasteiger partial charge in [-0.25, -0.2) is 0 Å². The lowest BCUT2D eigenvalue weighted by Crippen LogP contribution is -2.10. The van der Waals surface area contributed by atoms with Gasteiger partial charge in [-0.05, 0) is 152 Å². The van der Waals surface area contributed by atoms with Crippen molar-refractivity contribution >= 4 is 65.4 Å². The summed E-state index contributed by atoms with van der Waals surface area (Å²) in [7, 11) is 0. The third-order valence-electron chi connectivity index (χ3n) is 16.1. The fourth-order valence-electron chi connectivity index (χ4n) is 11.9. The molecule has 366 valence electrons. The second-order valence-corrected chi connectivity index (χ2v) is 25.1. The van der Waals surface area contributed by atoms with Crippen molar-refractivity contribution in [2.24, 2.45) is 0 Å². The maximum absolute atomic E-state index is 7.06. The normalized spacial score (nSPS) is 13.2. The van der Waals surface area contributed by atoms with Crippen LogP contribution in [0.2, 0.25) is 0 Å². The molecule has 74 heavy (non-hydrogen) atoms. The molecule has 4 heterocycles. The molecule has 0 fully saturated rings. The first-order valence-corrected chi connectivity index (χ1v) is 26.5. The molecule has 0 atom stereocenters. The van der Waals surface area contributed by atoms with Gasteiger partial charge in [0, 0.05) is 49.3 Å². The molecule has 4 nitrogen and oxygen atoms in total. The number of fused-ring (bicyclic) bond motifs is 11. The minimum atomic E-state index is 0.0435. The van der Waals surface area contributed by atoms with E-state index in [1.807, 2.05) is 0 Å². The highest BCUT2D eigenvalue weighted by Crippen LogP contribution is 2.51. The molecule has 12 aromatic rings. The molecule has 13 rings (SSSR count). The van der Waals surface area contributed by atoms with Crippen LogP contribution in [0.5, 0.6) is 11.5 Å². The van der Waals surface area contributed by atoms with E-state index in [2.05, 4.69) is 273 Å². The van der Waals surface area contributed by atoms with Gasteiger partial charge in [-0.2, -0.15) is 0 Å². The van der Waals surface area contributed by atoms with Crippen molar-refractivity contribution in [1.29, 1.82) is 0 Å². The van der Waals surface area contributed by atoms with Crippen LogP contribution in [-0.4, -0.2) is 13.7 Å². The number of aromatic nitrogens is 3. The summed E-state index contributed by atoms with van der Waals surface area (Å²) in [5, 5.41) is 7.59. The van der Waals surface area contributed by atoms with Crippen molar-refractivity contribution in [2.75, 3.05) is 0 Å². The molecule has 0 radical (unpaired) electrons. The topological polar surface area (TPSA) is 24.0 Å². The van der Waals surface area contributed by atoms with E-state index in [0.29, 0.717) is 0 Å². The van der Waals surface area contributed by atoms with Crippen molar-refractivity contribution in [3.63, 3.8) is 0 Å². The monoisotopic (exact) mass is 964 g/mol. The maximum Gasteiger partial charge on any atom is 0.159 e. The zero-order valence-corrected chi connectivity index (χ0v) is 45.0. The van der Waals surface area contributed by atoms with Gasteiger partial charge < -0.3 is 18.4 Å². The van der Waals surface area contributed by atoms with Gasteiger partial charge in [0.25, 0.3) is 0 Å². The van der Waals surface area contributed by atoms with E-state index in [1.165, 1.54) is 87.8 Å². The summed E-state index contributed by atoms with van der Waals surface area (Å²) in [5.74, 6) is 1.73. The van der Waals surface area contributed by atoms with E-state index in [0.717, 1.165) is 50.7 Å². The standard InChI is InChI=1S/C70H65N3O/c1-67(2,3)44-26-34-57-53(38-44)54-39-45(68(4,5)6)27-35-58(54)71(57)48-30-22-42(23-31-48)50-16-13-19-61-64(50)52-18-15-21-63-65(52)73(61)62-20-14-17-51(66(62)74-63)43-24-32-49(33-25-43)72-59-36-28-46(69(7,8)9)40-55(59)56-41-47(70(10,11)12)29-37-60(56)72/h13-41H,1-12H3. The molecule has 0 aliphatic carbocycles. The van der Waals surface area contributed by atoms with Gasteiger partial charge >= 0.3 is 0 Å². The van der Waals surface area contributed by atoms with Crippen LogP contribution in [0.4, 0.5) is 0 Å². The Labute approximate surface area is 435 Å². The SMILES string of the molecule is CC(C)(C)c1ccc2c(c1)c1cc(C(C)(C)C)ccc1n2-c1ccc(-c2cccc3c2Oc2cccc4c5c(-c6ccc(-n7c8ccc(C(C)(C)C)cc8c8cc(C(C)(C)C)ccc87)cc6)cccc5n-3c24)cc1. The minimum absolute atomic E-state index is 0.0435. The minimum Gasteiger partial charge on any atom is -0.452 e. The smallest absolute Gasteiger partial charge is 0.159 e. The van der Waals surface area contributed by atoms with Crippen molar-refractivity contribution < 1.29 is 4.74 Å². The Morgan fingerprint density at radius 1 is 0.324 bits per heavy atom. The Hall–Kier alpha value is -7.82. The second-order valence-electron chi connectivity index (χ2n) is 25.1.